The molecule has 8 nitrogen and oxygen atoms in total. The summed E-state index contributed by atoms with van der Waals surface area (Å²) in [7, 11) is 0. The number of aliphatic hydroxyl groups excluding tert-OH is 2. The number of halogens is 3. The highest BCUT2D eigenvalue weighted by Crippen LogP contribution is 2.29. The average molecular weight is 394 g/mol. The average Bonchev–Trinajstić information content (AvgIpc) is 3.09. The number of benzene rings is 1. The van der Waals surface area contributed by atoms with Crippen LogP contribution in [0.1, 0.15) is 11.3 Å². The Morgan fingerprint density at radius 2 is 2.04 bits per heavy atom. The Labute approximate surface area is 157 Å². The topological polar surface area (TPSA) is 109 Å². The quantitative estimate of drug-likeness (QED) is 0.588. The summed E-state index contributed by atoms with van der Waals surface area (Å²) in [6.45, 7) is 1.50. The third-order valence-electron chi connectivity index (χ3n) is 3.72. The summed E-state index contributed by atoms with van der Waals surface area (Å²) in [5.74, 6) is -0.180. The summed E-state index contributed by atoms with van der Waals surface area (Å²) in [6.07, 6.45) is -2.89. The molecule has 2 aromatic heterocycles. The molecule has 0 aliphatic carbocycles. The molecule has 0 bridgehead atoms. The Morgan fingerprint density at radius 1 is 1.25 bits per heavy atom. The van der Waals surface area contributed by atoms with Crippen molar-refractivity contribution < 1.29 is 23.4 Å². The van der Waals surface area contributed by atoms with Gasteiger partial charge < -0.3 is 15.5 Å². The van der Waals surface area contributed by atoms with Gasteiger partial charge >= 0.3 is 6.18 Å². The van der Waals surface area contributed by atoms with Crippen molar-refractivity contribution in [3.05, 3.63) is 47.9 Å². The van der Waals surface area contributed by atoms with Gasteiger partial charge in [0.05, 0.1) is 25.5 Å². The molecule has 11 heteroatoms. The maximum absolute atomic E-state index is 12.8. The molecule has 0 amide bonds. The van der Waals surface area contributed by atoms with Crippen LogP contribution in [0.4, 0.5) is 24.8 Å². The number of hydrogen-bond acceptors (Lipinski definition) is 7. The smallest absolute Gasteiger partial charge is 0.394 e. The number of hydrogen-bond donors (Lipinski definition) is 3. The van der Waals surface area contributed by atoms with Crippen molar-refractivity contribution in [1.29, 1.82) is 0 Å². The van der Waals surface area contributed by atoms with E-state index in [4.69, 9.17) is 5.11 Å². The van der Waals surface area contributed by atoms with Crippen molar-refractivity contribution in [3.8, 4) is 11.3 Å². The molecule has 148 valence electrons. The lowest BCUT2D eigenvalue weighted by Gasteiger charge is -2.10. The number of nitrogens with zero attached hydrogens (tertiary/aromatic N) is 5. The molecular formula is C17H17F3N6O2. The first-order chi connectivity index (χ1) is 13.2. The van der Waals surface area contributed by atoms with Gasteiger partial charge in [0.25, 0.3) is 0 Å². The molecule has 0 aliphatic rings. The van der Waals surface area contributed by atoms with Crippen molar-refractivity contribution in [2.24, 2.45) is 0 Å². The Bertz CT molecular complexity index is 960. The Kier molecular flexibility index (Phi) is 5.56. The highest BCUT2D eigenvalue weighted by Gasteiger charge is 2.32. The van der Waals surface area contributed by atoms with Crippen LogP contribution in [0.5, 0.6) is 0 Å². The van der Waals surface area contributed by atoms with Crippen LogP contribution in [0, 0.1) is 6.92 Å². The molecule has 3 rings (SSSR count). The zero-order chi connectivity index (χ0) is 20.3. The normalized spacial score (nSPS) is 12.8. The number of rotatable bonds is 6. The van der Waals surface area contributed by atoms with Crippen LogP contribution < -0.4 is 5.32 Å². The van der Waals surface area contributed by atoms with Gasteiger partial charge in [-0.05, 0) is 36.8 Å². The standard InChI is InChI=1S/C17H17F3N6O2/c1-10-4-11(14-8-26(25-24-14)7-13(28)9-27)6-12(5-10)22-16-21-3-2-15(23-16)17(18,19)20/h2-6,8,13,27-28H,7,9H2,1H3,(H,21,22,23). The lowest BCUT2D eigenvalue weighted by molar-refractivity contribution is -0.141. The van der Waals surface area contributed by atoms with Gasteiger partial charge in [-0.1, -0.05) is 5.21 Å². The number of aliphatic hydroxyl groups is 2. The predicted octanol–water partition coefficient (Wildman–Crippen LogP) is 2.16. The van der Waals surface area contributed by atoms with Gasteiger partial charge in [0.2, 0.25) is 5.95 Å². The highest BCUT2D eigenvalue weighted by molar-refractivity contribution is 5.68. The van der Waals surface area contributed by atoms with Gasteiger partial charge in [0.1, 0.15) is 11.4 Å². The molecule has 1 atom stereocenters. The minimum Gasteiger partial charge on any atom is -0.394 e. The van der Waals surface area contributed by atoms with E-state index in [2.05, 4.69) is 25.6 Å². The molecule has 1 unspecified atom stereocenters. The molecule has 0 radical (unpaired) electrons. The number of aryl methyl sites for hydroxylation is 1. The van der Waals surface area contributed by atoms with E-state index in [1.165, 1.54) is 4.68 Å². The largest absolute Gasteiger partial charge is 0.433 e. The number of aromatic nitrogens is 5. The van der Waals surface area contributed by atoms with E-state index < -0.39 is 24.6 Å². The fourth-order valence-corrected chi connectivity index (χ4v) is 2.50. The highest BCUT2D eigenvalue weighted by atomic mass is 19.4. The van der Waals surface area contributed by atoms with Crippen LogP contribution >= 0.6 is 0 Å². The number of anilines is 2. The van der Waals surface area contributed by atoms with Crippen molar-refractivity contribution in [2.75, 3.05) is 11.9 Å². The summed E-state index contributed by atoms with van der Waals surface area (Å²) in [5.41, 5.74) is 1.44. The fraction of sp³-hybridized carbons (Fsp3) is 0.294. The van der Waals surface area contributed by atoms with Crippen molar-refractivity contribution in [2.45, 2.75) is 25.7 Å². The van der Waals surface area contributed by atoms with E-state index in [1.54, 1.807) is 18.3 Å². The maximum Gasteiger partial charge on any atom is 0.433 e. The first-order valence-corrected chi connectivity index (χ1v) is 8.23. The van der Waals surface area contributed by atoms with Crippen LogP contribution in [-0.2, 0) is 12.7 Å². The first-order valence-electron chi connectivity index (χ1n) is 8.23. The monoisotopic (exact) mass is 394 g/mol. The number of alkyl halides is 3. The molecule has 1 aromatic carbocycles. The third kappa shape index (κ3) is 4.81. The summed E-state index contributed by atoms with van der Waals surface area (Å²) >= 11 is 0. The predicted molar refractivity (Wildman–Crippen MR) is 93.6 cm³/mol. The van der Waals surface area contributed by atoms with E-state index in [-0.39, 0.29) is 12.5 Å². The molecule has 3 N–H and O–H groups in total. The molecule has 0 aliphatic heterocycles. The SMILES string of the molecule is Cc1cc(Nc2nccc(C(F)(F)F)n2)cc(-c2cn(CC(O)CO)nn2)c1. The van der Waals surface area contributed by atoms with Gasteiger partial charge in [0.15, 0.2) is 0 Å². The van der Waals surface area contributed by atoms with Crippen molar-refractivity contribution in [3.63, 3.8) is 0 Å². The molecular weight excluding hydrogens is 377 g/mol. The summed E-state index contributed by atoms with van der Waals surface area (Å²) < 4.78 is 39.8. The minimum atomic E-state index is -4.56. The van der Waals surface area contributed by atoms with Crippen LogP contribution in [0.15, 0.2) is 36.7 Å². The van der Waals surface area contributed by atoms with E-state index in [0.717, 1.165) is 17.8 Å². The van der Waals surface area contributed by atoms with Crippen LogP contribution in [0.25, 0.3) is 11.3 Å². The van der Waals surface area contributed by atoms with Crippen LogP contribution in [0.3, 0.4) is 0 Å². The molecule has 0 saturated carbocycles. The Hall–Kier alpha value is -3.05. The maximum atomic E-state index is 12.8. The first kappa shape index (κ1) is 19.7. The molecule has 0 spiro atoms. The molecule has 2 heterocycles. The molecule has 0 saturated heterocycles. The van der Waals surface area contributed by atoms with Crippen molar-refractivity contribution >= 4 is 11.6 Å². The molecule has 3 aromatic rings. The molecule has 0 fully saturated rings. The van der Waals surface area contributed by atoms with Gasteiger partial charge in [0, 0.05) is 17.4 Å². The van der Waals surface area contributed by atoms with Gasteiger partial charge in [-0.2, -0.15) is 13.2 Å². The second-order valence-corrected chi connectivity index (χ2v) is 6.14. The lowest BCUT2D eigenvalue weighted by atomic mass is 10.1. The van der Waals surface area contributed by atoms with Crippen molar-refractivity contribution in [1.82, 2.24) is 25.0 Å². The van der Waals surface area contributed by atoms with Crippen LogP contribution in [0.2, 0.25) is 0 Å². The Morgan fingerprint density at radius 3 is 2.75 bits per heavy atom. The van der Waals surface area contributed by atoms with E-state index >= 15 is 0 Å². The second kappa shape index (κ2) is 7.90. The summed E-state index contributed by atoms with van der Waals surface area (Å²) in [5, 5.41) is 29.1. The summed E-state index contributed by atoms with van der Waals surface area (Å²) in [4.78, 5) is 7.31. The molecule has 28 heavy (non-hydrogen) atoms. The number of nitrogens with one attached hydrogen (secondary N) is 1. The van der Waals surface area contributed by atoms with Crippen LogP contribution in [-0.4, -0.2) is 47.9 Å². The van der Waals surface area contributed by atoms with Gasteiger partial charge in [-0.3, -0.25) is 0 Å². The van der Waals surface area contributed by atoms with Gasteiger partial charge in [-0.15, -0.1) is 5.10 Å². The van der Waals surface area contributed by atoms with E-state index in [0.29, 0.717) is 16.9 Å². The van der Waals surface area contributed by atoms with E-state index in [1.807, 2.05) is 13.0 Å². The lowest BCUT2D eigenvalue weighted by Crippen LogP contribution is -2.20. The van der Waals surface area contributed by atoms with Gasteiger partial charge in [-0.25, -0.2) is 14.6 Å². The van der Waals surface area contributed by atoms with E-state index in [9.17, 15) is 18.3 Å². The second-order valence-electron chi connectivity index (χ2n) is 6.14. The third-order valence-corrected chi connectivity index (χ3v) is 3.72. The minimum absolute atomic E-state index is 0.0818. The zero-order valence-electron chi connectivity index (χ0n) is 14.7. The zero-order valence-corrected chi connectivity index (χ0v) is 14.7. The Balaban J connectivity index is 1.84. The fourth-order valence-electron chi connectivity index (χ4n) is 2.50. The summed E-state index contributed by atoms with van der Waals surface area (Å²) in [6, 6.07) is 6.03.